The molecule has 26 heavy (non-hydrogen) atoms. The van der Waals surface area contributed by atoms with Gasteiger partial charge in [0, 0.05) is 18.7 Å². The molecule has 1 unspecified atom stereocenters. The van der Waals surface area contributed by atoms with Crippen LogP contribution in [0.3, 0.4) is 0 Å². The first kappa shape index (κ1) is 16.5. The van der Waals surface area contributed by atoms with Crippen LogP contribution in [0.15, 0.2) is 42.5 Å². The number of aromatic amines is 1. The van der Waals surface area contributed by atoms with Crippen molar-refractivity contribution in [3.63, 3.8) is 0 Å². The number of rotatable bonds is 3. The summed E-state index contributed by atoms with van der Waals surface area (Å²) >= 11 is 6.13. The van der Waals surface area contributed by atoms with E-state index in [1.807, 2.05) is 24.3 Å². The van der Waals surface area contributed by atoms with Gasteiger partial charge in [0.25, 0.3) is 11.6 Å². The van der Waals surface area contributed by atoms with Crippen molar-refractivity contribution in [3.05, 3.63) is 69.0 Å². The predicted molar refractivity (Wildman–Crippen MR) is 97.2 cm³/mol. The van der Waals surface area contributed by atoms with Crippen LogP contribution in [-0.4, -0.2) is 32.2 Å². The number of halogens is 1. The number of amides is 1. The van der Waals surface area contributed by atoms with Crippen molar-refractivity contribution in [2.45, 2.75) is 18.9 Å². The summed E-state index contributed by atoms with van der Waals surface area (Å²) in [5.41, 5.74) is 1.91. The fraction of sp³-hybridized carbons (Fsp3) is 0.222. The normalized spacial score (nSPS) is 17.0. The Morgan fingerprint density at radius 2 is 2.12 bits per heavy atom. The minimum atomic E-state index is -0.535. The molecule has 0 saturated carbocycles. The Labute approximate surface area is 153 Å². The van der Waals surface area contributed by atoms with Crippen molar-refractivity contribution in [1.82, 2.24) is 14.9 Å². The number of carbonyl (C=O) groups is 1. The van der Waals surface area contributed by atoms with E-state index in [0.717, 1.165) is 29.7 Å². The number of nitro groups is 1. The number of hydrogen-bond acceptors (Lipinski definition) is 4. The quantitative estimate of drug-likeness (QED) is 0.554. The highest BCUT2D eigenvalue weighted by Crippen LogP contribution is 2.34. The van der Waals surface area contributed by atoms with Crippen LogP contribution in [0.4, 0.5) is 5.69 Å². The highest BCUT2D eigenvalue weighted by molar-refractivity contribution is 6.34. The Morgan fingerprint density at radius 3 is 2.85 bits per heavy atom. The van der Waals surface area contributed by atoms with Crippen molar-refractivity contribution < 1.29 is 9.72 Å². The predicted octanol–water partition coefficient (Wildman–Crippen LogP) is 4.10. The van der Waals surface area contributed by atoms with Gasteiger partial charge in [-0.2, -0.15) is 0 Å². The van der Waals surface area contributed by atoms with Crippen molar-refractivity contribution in [3.8, 4) is 0 Å². The molecule has 1 fully saturated rings. The fourth-order valence-electron chi connectivity index (χ4n) is 3.37. The first-order chi connectivity index (χ1) is 12.5. The Bertz CT molecular complexity index is 984. The van der Waals surface area contributed by atoms with Crippen LogP contribution in [0.25, 0.3) is 11.0 Å². The maximum absolute atomic E-state index is 13.0. The molecule has 3 aromatic rings. The molecular formula is C18H15ClN4O3. The summed E-state index contributed by atoms with van der Waals surface area (Å²) < 4.78 is 0. The lowest BCUT2D eigenvalue weighted by molar-refractivity contribution is -0.384. The largest absolute Gasteiger partial charge is 0.340 e. The number of fused-ring (bicyclic) bond motifs is 1. The van der Waals surface area contributed by atoms with E-state index in [9.17, 15) is 14.9 Å². The number of benzene rings is 2. The van der Waals surface area contributed by atoms with Gasteiger partial charge in [-0.3, -0.25) is 14.9 Å². The monoisotopic (exact) mass is 370 g/mol. The molecule has 1 aliphatic rings. The molecular weight excluding hydrogens is 356 g/mol. The Hall–Kier alpha value is -2.93. The molecule has 2 heterocycles. The van der Waals surface area contributed by atoms with Gasteiger partial charge in [0.15, 0.2) is 0 Å². The SMILES string of the molecule is O=C(c1ccc([N+](=O)[O-])cc1Cl)N1CCCC1c1nc2ccccc2[nH]1. The van der Waals surface area contributed by atoms with Crippen molar-refractivity contribution >= 4 is 34.2 Å². The van der Waals surface area contributed by atoms with Crippen molar-refractivity contribution in [2.75, 3.05) is 6.54 Å². The number of aromatic nitrogens is 2. The molecule has 132 valence electrons. The van der Waals surface area contributed by atoms with E-state index in [4.69, 9.17) is 11.6 Å². The molecule has 1 amide bonds. The minimum absolute atomic E-state index is 0.0828. The summed E-state index contributed by atoms with van der Waals surface area (Å²) in [4.78, 5) is 32.9. The fourth-order valence-corrected chi connectivity index (χ4v) is 3.63. The molecule has 0 radical (unpaired) electrons. The summed E-state index contributed by atoms with van der Waals surface area (Å²) in [5.74, 6) is 0.503. The van der Waals surface area contributed by atoms with E-state index < -0.39 is 4.92 Å². The molecule has 1 saturated heterocycles. The summed E-state index contributed by atoms with van der Waals surface area (Å²) in [6, 6.07) is 11.5. The van der Waals surface area contributed by atoms with Gasteiger partial charge in [-0.05, 0) is 31.0 Å². The third-order valence-electron chi connectivity index (χ3n) is 4.63. The van der Waals surface area contributed by atoms with E-state index in [0.29, 0.717) is 6.54 Å². The third-order valence-corrected chi connectivity index (χ3v) is 4.94. The van der Waals surface area contributed by atoms with Crippen LogP contribution in [0.5, 0.6) is 0 Å². The van der Waals surface area contributed by atoms with Gasteiger partial charge >= 0.3 is 0 Å². The van der Waals surface area contributed by atoms with Gasteiger partial charge < -0.3 is 9.88 Å². The molecule has 2 aromatic carbocycles. The number of nitro benzene ring substituents is 1. The van der Waals surface area contributed by atoms with Gasteiger partial charge in [0.1, 0.15) is 5.82 Å². The molecule has 1 aromatic heterocycles. The van der Waals surface area contributed by atoms with Gasteiger partial charge in [-0.25, -0.2) is 4.98 Å². The lowest BCUT2D eigenvalue weighted by atomic mass is 10.1. The van der Waals surface area contributed by atoms with E-state index in [2.05, 4.69) is 9.97 Å². The second-order valence-corrected chi connectivity index (χ2v) is 6.62. The van der Waals surface area contributed by atoms with E-state index in [-0.39, 0.29) is 28.2 Å². The van der Waals surface area contributed by atoms with Crippen LogP contribution < -0.4 is 0 Å². The molecule has 8 heteroatoms. The first-order valence-corrected chi connectivity index (χ1v) is 8.62. The molecule has 1 atom stereocenters. The Morgan fingerprint density at radius 1 is 1.31 bits per heavy atom. The van der Waals surface area contributed by atoms with Crippen molar-refractivity contribution in [2.24, 2.45) is 0 Å². The van der Waals surface area contributed by atoms with E-state index >= 15 is 0 Å². The number of nitrogens with zero attached hydrogens (tertiary/aromatic N) is 3. The molecule has 1 N–H and O–H groups in total. The molecule has 0 spiro atoms. The molecule has 4 rings (SSSR count). The highest BCUT2D eigenvalue weighted by Gasteiger charge is 2.33. The number of imidazole rings is 1. The second-order valence-electron chi connectivity index (χ2n) is 6.22. The van der Waals surface area contributed by atoms with Crippen LogP contribution in [0.2, 0.25) is 5.02 Å². The lowest BCUT2D eigenvalue weighted by Gasteiger charge is -2.23. The molecule has 1 aliphatic heterocycles. The maximum Gasteiger partial charge on any atom is 0.270 e. The number of hydrogen-bond donors (Lipinski definition) is 1. The van der Waals surface area contributed by atoms with Gasteiger partial charge in [0.2, 0.25) is 0 Å². The Balaban J connectivity index is 1.65. The van der Waals surface area contributed by atoms with Crippen molar-refractivity contribution in [1.29, 1.82) is 0 Å². The number of carbonyl (C=O) groups excluding carboxylic acids is 1. The molecule has 0 aliphatic carbocycles. The number of non-ortho nitro benzene ring substituents is 1. The smallest absolute Gasteiger partial charge is 0.270 e. The molecule has 7 nitrogen and oxygen atoms in total. The summed E-state index contributed by atoms with van der Waals surface area (Å²) in [6.07, 6.45) is 1.66. The zero-order valence-electron chi connectivity index (χ0n) is 13.7. The van der Waals surface area contributed by atoms with Gasteiger partial charge in [-0.15, -0.1) is 0 Å². The summed E-state index contributed by atoms with van der Waals surface area (Å²) in [6.45, 7) is 0.591. The summed E-state index contributed by atoms with van der Waals surface area (Å²) in [7, 11) is 0. The Kier molecular flexibility index (Phi) is 4.08. The zero-order chi connectivity index (χ0) is 18.3. The number of nitrogens with one attached hydrogen (secondary N) is 1. The van der Waals surface area contributed by atoms with Crippen LogP contribution in [-0.2, 0) is 0 Å². The highest BCUT2D eigenvalue weighted by atomic mass is 35.5. The van der Waals surface area contributed by atoms with Crippen LogP contribution >= 0.6 is 11.6 Å². The molecule has 0 bridgehead atoms. The third kappa shape index (κ3) is 2.80. The maximum atomic E-state index is 13.0. The van der Waals surface area contributed by atoms with Crippen LogP contribution in [0, 0.1) is 10.1 Å². The zero-order valence-corrected chi connectivity index (χ0v) is 14.4. The lowest BCUT2D eigenvalue weighted by Crippen LogP contribution is -2.31. The van der Waals surface area contributed by atoms with Crippen LogP contribution in [0.1, 0.15) is 35.1 Å². The van der Waals surface area contributed by atoms with E-state index in [1.54, 1.807) is 4.90 Å². The number of H-pyrrole nitrogens is 1. The average molecular weight is 371 g/mol. The standard InChI is InChI=1S/C18H15ClN4O3/c19-13-10-11(23(25)26)7-8-12(13)18(24)22-9-3-6-16(22)17-20-14-4-1-2-5-15(14)21-17/h1-2,4-5,7-8,10,16H,3,6,9H2,(H,20,21). The minimum Gasteiger partial charge on any atom is -0.340 e. The first-order valence-electron chi connectivity index (χ1n) is 8.24. The van der Waals surface area contributed by atoms with Gasteiger partial charge in [-0.1, -0.05) is 23.7 Å². The average Bonchev–Trinajstić information content (AvgIpc) is 3.27. The topological polar surface area (TPSA) is 92.1 Å². The summed E-state index contributed by atoms with van der Waals surface area (Å²) in [5, 5.41) is 10.9. The number of likely N-dealkylation sites (tertiary alicyclic amines) is 1. The van der Waals surface area contributed by atoms with Gasteiger partial charge in [0.05, 0.1) is 32.6 Å². The second kappa shape index (κ2) is 6.42. The number of para-hydroxylation sites is 2. The van der Waals surface area contributed by atoms with E-state index in [1.165, 1.54) is 18.2 Å².